The van der Waals surface area contributed by atoms with Crippen molar-refractivity contribution in [3.8, 4) is 0 Å². The van der Waals surface area contributed by atoms with Gasteiger partial charge in [0.2, 0.25) is 6.29 Å². The van der Waals surface area contributed by atoms with Crippen LogP contribution in [0.4, 0.5) is 4.53 Å². The van der Waals surface area contributed by atoms with Crippen molar-refractivity contribution >= 4 is 0 Å². The highest BCUT2D eigenvalue weighted by Gasteiger charge is 2.49. The molecule has 0 bridgehead atoms. The van der Waals surface area contributed by atoms with Crippen LogP contribution < -0.4 is 0 Å². The highest BCUT2D eigenvalue weighted by molar-refractivity contribution is 5.16. The minimum Gasteiger partial charge on any atom is -0.374 e. The van der Waals surface area contributed by atoms with E-state index in [0.717, 1.165) is 22.3 Å². The fraction of sp³-hybridized carbons (Fsp3) is 0.294. The third-order valence-electron chi connectivity index (χ3n) is 6.93. The van der Waals surface area contributed by atoms with Crippen molar-refractivity contribution in [1.82, 2.24) is 0 Å². The molecular formula is C34H35FO6. The molecule has 0 unspecified atom stereocenters. The summed E-state index contributed by atoms with van der Waals surface area (Å²) < 4.78 is 45.4. The zero-order chi connectivity index (χ0) is 28.1. The van der Waals surface area contributed by atoms with Gasteiger partial charge in [-0.2, -0.15) is 4.94 Å². The highest BCUT2D eigenvalue weighted by Crippen LogP contribution is 2.31. The lowest BCUT2D eigenvalue weighted by Crippen LogP contribution is -2.61. The van der Waals surface area contributed by atoms with Crippen molar-refractivity contribution in [2.45, 2.75) is 57.1 Å². The van der Waals surface area contributed by atoms with Crippen LogP contribution in [0.2, 0.25) is 0 Å². The highest BCUT2D eigenvalue weighted by atomic mass is 19.3. The van der Waals surface area contributed by atoms with Crippen LogP contribution in [0.15, 0.2) is 121 Å². The van der Waals surface area contributed by atoms with Gasteiger partial charge in [0.05, 0.1) is 33.0 Å². The third-order valence-corrected chi connectivity index (χ3v) is 6.93. The topological polar surface area (TPSA) is 55.4 Å². The molecule has 0 saturated carbocycles. The second-order valence-electron chi connectivity index (χ2n) is 9.92. The van der Waals surface area contributed by atoms with E-state index in [2.05, 4.69) is 4.94 Å². The Morgan fingerprint density at radius 3 is 1.32 bits per heavy atom. The van der Waals surface area contributed by atoms with Crippen LogP contribution in [-0.2, 0) is 55.1 Å². The summed E-state index contributed by atoms with van der Waals surface area (Å²) in [6.07, 6.45) is -4.28. The Bertz CT molecular complexity index is 1260. The Kier molecular flexibility index (Phi) is 11.0. The Morgan fingerprint density at radius 2 is 0.878 bits per heavy atom. The molecule has 1 saturated heterocycles. The summed E-state index contributed by atoms with van der Waals surface area (Å²) in [6, 6.07) is 39.1. The van der Waals surface area contributed by atoms with E-state index in [4.69, 9.17) is 23.7 Å². The van der Waals surface area contributed by atoms with Crippen LogP contribution in [0.5, 0.6) is 0 Å². The fourth-order valence-corrected chi connectivity index (χ4v) is 4.82. The van der Waals surface area contributed by atoms with E-state index in [1.54, 1.807) is 0 Å². The van der Waals surface area contributed by atoms with Crippen molar-refractivity contribution in [2.75, 3.05) is 6.61 Å². The van der Waals surface area contributed by atoms with Crippen molar-refractivity contribution in [2.24, 2.45) is 0 Å². The third kappa shape index (κ3) is 8.53. The molecule has 0 N–H and O–H groups in total. The van der Waals surface area contributed by atoms with E-state index >= 15 is 0 Å². The van der Waals surface area contributed by atoms with Crippen LogP contribution in [0, 0.1) is 0 Å². The summed E-state index contributed by atoms with van der Waals surface area (Å²) in [6.45, 7) is 1.32. The largest absolute Gasteiger partial charge is 0.374 e. The van der Waals surface area contributed by atoms with Gasteiger partial charge >= 0.3 is 0 Å². The van der Waals surface area contributed by atoms with Gasteiger partial charge in [-0.1, -0.05) is 121 Å². The Morgan fingerprint density at radius 1 is 0.488 bits per heavy atom. The molecule has 0 amide bonds. The Hall–Kier alpha value is -3.43. The molecule has 5 atom stereocenters. The molecule has 214 valence electrons. The van der Waals surface area contributed by atoms with Gasteiger partial charge in [0, 0.05) is 0 Å². The summed E-state index contributed by atoms with van der Waals surface area (Å²) in [5, 5.41) is 0. The maximum atomic E-state index is 14.1. The minimum absolute atomic E-state index is 0.144. The van der Waals surface area contributed by atoms with Crippen LogP contribution >= 0.6 is 0 Å². The Balaban J connectivity index is 1.38. The van der Waals surface area contributed by atoms with E-state index in [1.165, 1.54) is 0 Å². The molecule has 0 aromatic heterocycles. The van der Waals surface area contributed by atoms with E-state index in [-0.39, 0.29) is 19.8 Å². The molecule has 41 heavy (non-hydrogen) atoms. The maximum absolute atomic E-state index is 14.1. The first-order valence-electron chi connectivity index (χ1n) is 13.8. The molecule has 7 heteroatoms. The smallest absolute Gasteiger partial charge is 0.226 e. The molecule has 6 nitrogen and oxygen atoms in total. The lowest BCUT2D eigenvalue weighted by atomic mass is 9.98. The number of halogens is 1. The molecule has 1 heterocycles. The molecule has 0 spiro atoms. The molecule has 1 aliphatic heterocycles. The molecular weight excluding hydrogens is 523 g/mol. The summed E-state index contributed by atoms with van der Waals surface area (Å²) in [4.78, 5) is 4.34. The summed E-state index contributed by atoms with van der Waals surface area (Å²) >= 11 is 0. The number of rotatable bonds is 14. The predicted molar refractivity (Wildman–Crippen MR) is 152 cm³/mol. The minimum atomic E-state index is -1.33. The Labute approximate surface area is 240 Å². The van der Waals surface area contributed by atoms with Gasteiger partial charge in [-0.15, -0.1) is 0 Å². The fourth-order valence-electron chi connectivity index (χ4n) is 4.82. The van der Waals surface area contributed by atoms with Crippen molar-refractivity contribution in [3.63, 3.8) is 0 Å². The maximum Gasteiger partial charge on any atom is 0.226 e. The summed E-state index contributed by atoms with van der Waals surface area (Å²) in [5.74, 6) is 0. The SMILES string of the molecule is FO[C@H]1O[C@H](COCc2ccccc2)[C@@H](OCc2ccccc2)[C@H](OCc2ccccc2)[C@@H]1OCc1ccccc1. The van der Waals surface area contributed by atoms with Gasteiger partial charge in [-0.3, -0.25) is 0 Å². The summed E-state index contributed by atoms with van der Waals surface area (Å²) in [7, 11) is 0. The van der Waals surface area contributed by atoms with Gasteiger partial charge < -0.3 is 23.7 Å². The monoisotopic (exact) mass is 558 g/mol. The lowest BCUT2D eigenvalue weighted by Gasteiger charge is -2.44. The van der Waals surface area contributed by atoms with Gasteiger partial charge in [-0.25, -0.2) is 0 Å². The lowest BCUT2D eigenvalue weighted by molar-refractivity contribution is -0.377. The average Bonchev–Trinajstić information content (AvgIpc) is 3.04. The van der Waals surface area contributed by atoms with E-state index in [1.807, 2.05) is 121 Å². The number of hydrogen-bond acceptors (Lipinski definition) is 6. The standard InChI is InChI=1S/C34H35FO6/c35-41-34-33(39-24-29-19-11-4-12-20-29)32(38-23-28-17-9-3-10-18-28)31(37-22-27-15-7-2-8-16-27)30(40-34)25-36-21-26-13-5-1-6-14-26/h1-20,30-34H,21-25H2/t30-,31-,32+,33+,34-/m1/s1. The molecule has 5 rings (SSSR count). The van der Waals surface area contributed by atoms with E-state index in [9.17, 15) is 4.53 Å². The second kappa shape index (κ2) is 15.5. The van der Waals surface area contributed by atoms with Gasteiger partial charge in [0.1, 0.15) is 24.4 Å². The van der Waals surface area contributed by atoms with Crippen LogP contribution in [-0.4, -0.2) is 37.3 Å². The number of ether oxygens (including phenoxy) is 5. The van der Waals surface area contributed by atoms with Crippen LogP contribution in [0.1, 0.15) is 22.3 Å². The molecule has 1 fully saturated rings. The van der Waals surface area contributed by atoms with Crippen LogP contribution in [0.25, 0.3) is 0 Å². The number of benzene rings is 4. The van der Waals surface area contributed by atoms with Crippen molar-refractivity contribution < 1.29 is 33.2 Å². The summed E-state index contributed by atoms with van der Waals surface area (Å²) in [5.41, 5.74) is 3.91. The first-order chi connectivity index (χ1) is 20.3. The molecule has 4 aromatic rings. The van der Waals surface area contributed by atoms with Gasteiger partial charge in [-0.05, 0) is 26.8 Å². The second-order valence-corrected chi connectivity index (χ2v) is 9.92. The van der Waals surface area contributed by atoms with Crippen LogP contribution in [0.3, 0.4) is 0 Å². The number of hydrogen-bond donors (Lipinski definition) is 0. The van der Waals surface area contributed by atoms with Crippen molar-refractivity contribution in [1.29, 1.82) is 0 Å². The quantitative estimate of drug-likeness (QED) is 0.174. The average molecular weight is 559 g/mol. The van der Waals surface area contributed by atoms with Crippen molar-refractivity contribution in [3.05, 3.63) is 144 Å². The van der Waals surface area contributed by atoms with E-state index in [0.29, 0.717) is 13.2 Å². The first-order valence-corrected chi connectivity index (χ1v) is 13.8. The van der Waals surface area contributed by atoms with Gasteiger partial charge in [0.25, 0.3) is 0 Å². The van der Waals surface area contributed by atoms with E-state index < -0.39 is 30.7 Å². The predicted octanol–water partition coefficient (Wildman–Crippen LogP) is 6.59. The normalized spacial score (nSPS) is 22.4. The first kappa shape index (κ1) is 29.1. The molecule has 0 aliphatic carbocycles. The zero-order valence-electron chi connectivity index (χ0n) is 22.8. The zero-order valence-corrected chi connectivity index (χ0v) is 22.8. The molecule has 0 radical (unpaired) electrons. The molecule has 1 aliphatic rings. The molecule has 4 aromatic carbocycles. The van der Waals surface area contributed by atoms with Gasteiger partial charge in [0.15, 0.2) is 0 Å².